The topological polar surface area (TPSA) is 4.93 Å². The molecule has 1 aliphatic rings. The lowest BCUT2D eigenvalue weighted by Crippen LogP contribution is -1.96. The first-order valence-electron chi connectivity index (χ1n) is 6.15. The third-order valence-electron chi connectivity index (χ3n) is 3.44. The second-order valence-electron chi connectivity index (χ2n) is 4.99. The van der Waals surface area contributed by atoms with E-state index < -0.39 is 0 Å². The van der Waals surface area contributed by atoms with Crippen LogP contribution in [0.25, 0.3) is 5.69 Å². The molecule has 17 heavy (non-hydrogen) atoms. The van der Waals surface area contributed by atoms with Gasteiger partial charge in [0.05, 0.1) is 0 Å². The van der Waals surface area contributed by atoms with Crippen molar-refractivity contribution < 1.29 is 0 Å². The van der Waals surface area contributed by atoms with Crippen molar-refractivity contribution in [2.45, 2.75) is 26.7 Å². The normalized spacial score (nSPS) is 14.4. The van der Waals surface area contributed by atoms with E-state index in [0.29, 0.717) is 0 Å². The second-order valence-corrected chi connectivity index (χ2v) is 4.99. The monoisotopic (exact) mass is 223 g/mol. The predicted octanol–water partition coefficient (Wildman–Crippen LogP) is 3.83. The highest BCUT2D eigenvalue weighted by Crippen LogP contribution is 2.24. The van der Waals surface area contributed by atoms with E-state index in [0.717, 1.165) is 12.8 Å². The fraction of sp³-hybridized carbons (Fsp3) is 0.250. The highest BCUT2D eigenvalue weighted by Gasteiger charge is 2.11. The third-order valence-corrected chi connectivity index (χ3v) is 3.44. The molecule has 0 radical (unpaired) electrons. The van der Waals surface area contributed by atoms with Crippen LogP contribution in [0.3, 0.4) is 0 Å². The molecule has 0 N–H and O–H groups in total. The Kier molecular flexibility index (Phi) is 2.40. The first kappa shape index (κ1) is 10.4. The molecule has 0 atom stereocenters. The summed E-state index contributed by atoms with van der Waals surface area (Å²) in [7, 11) is 0. The number of rotatable bonds is 1. The quantitative estimate of drug-likeness (QED) is 0.647. The van der Waals surface area contributed by atoms with Gasteiger partial charge in [-0.25, -0.2) is 0 Å². The predicted molar refractivity (Wildman–Crippen MR) is 71.7 cm³/mol. The van der Waals surface area contributed by atoms with Crippen molar-refractivity contribution in [2.24, 2.45) is 0 Å². The highest BCUT2D eigenvalue weighted by atomic mass is 14.9. The van der Waals surface area contributed by atoms with Crippen molar-refractivity contribution in [1.82, 2.24) is 4.57 Å². The molecule has 0 bridgehead atoms. The average molecular weight is 223 g/mol. The minimum Gasteiger partial charge on any atom is -0.323 e. The van der Waals surface area contributed by atoms with Crippen molar-refractivity contribution in [3.63, 3.8) is 0 Å². The fourth-order valence-corrected chi connectivity index (χ4v) is 2.48. The number of benzene rings is 1. The number of nitrogens with zero attached hydrogens (tertiary/aromatic N) is 1. The Hall–Kier alpha value is -1.76. The number of fused-ring (bicyclic) bond motifs is 1. The summed E-state index contributed by atoms with van der Waals surface area (Å²) >= 11 is 0. The lowest BCUT2D eigenvalue weighted by Gasteiger charge is -2.08. The molecule has 1 nitrogen and oxygen atoms in total. The third kappa shape index (κ3) is 1.93. The molecule has 1 aromatic carbocycles. The SMILES string of the molecule is CC1=CCc2cn(-c3cccc(C)c3)cc2C1. The fourth-order valence-electron chi connectivity index (χ4n) is 2.48. The molecule has 0 amide bonds. The van der Waals surface area contributed by atoms with Crippen LogP contribution in [0.15, 0.2) is 48.3 Å². The van der Waals surface area contributed by atoms with Gasteiger partial charge in [-0.2, -0.15) is 0 Å². The Morgan fingerprint density at radius 2 is 1.88 bits per heavy atom. The number of hydrogen-bond acceptors (Lipinski definition) is 0. The molecule has 0 fully saturated rings. The smallest absolute Gasteiger partial charge is 0.0452 e. The molecule has 2 aromatic rings. The lowest BCUT2D eigenvalue weighted by atomic mass is 9.97. The van der Waals surface area contributed by atoms with E-state index in [1.807, 2.05) is 0 Å². The number of hydrogen-bond donors (Lipinski definition) is 0. The molecule has 3 rings (SSSR count). The highest BCUT2D eigenvalue weighted by molar-refractivity contribution is 5.42. The Labute approximate surface area is 102 Å². The molecule has 0 saturated carbocycles. The van der Waals surface area contributed by atoms with Gasteiger partial charge in [-0.1, -0.05) is 23.8 Å². The van der Waals surface area contributed by atoms with Crippen LogP contribution < -0.4 is 0 Å². The van der Waals surface area contributed by atoms with Gasteiger partial charge >= 0.3 is 0 Å². The van der Waals surface area contributed by atoms with Crippen LogP contribution in [0.4, 0.5) is 0 Å². The summed E-state index contributed by atoms with van der Waals surface area (Å²) in [6.45, 7) is 4.35. The maximum Gasteiger partial charge on any atom is 0.0452 e. The Morgan fingerprint density at radius 1 is 1.06 bits per heavy atom. The minimum absolute atomic E-state index is 1.08. The van der Waals surface area contributed by atoms with Gasteiger partial charge in [-0.05, 0) is 55.5 Å². The zero-order valence-electron chi connectivity index (χ0n) is 10.4. The molecular weight excluding hydrogens is 206 g/mol. The molecule has 1 aromatic heterocycles. The van der Waals surface area contributed by atoms with Gasteiger partial charge in [0.1, 0.15) is 0 Å². The Balaban J connectivity index is 2.01. The minimum atomic E-state index is 1.08. The summed E-state index contributed by atoms with van der Waals surface area (Å²) in [5.74, 6) is 0. The molecule has 0 unspecified atom stereocenters. The van der Waals surface area contributed by atoms with Crippen LogP contribution in [0, 0.1) is 6.92 Å². The van der Waals surface area contributed by atoms with E-state index in [2.05, 4.69) is 61.1 Å². The zero-order valence-corrected chi connectivity index (χ0v) is 10.4. The van der Waals surface area contributed by atoms with Gasteiger partial charge < -0.3 is 4.57 Å². The Morgan fingerprint density at radius 3 is 2.71 bits per heavy atom. The zero-order chi connectivity index (χ0) is 11.8. The molecule has 0 spiro atoms. The molecule has 0 saturated heterocycles. The molecule has 1 heteroatoms. The number of aromatic nitrogens is 1. The van der Waals surface area contributed by atoms with Gasteiger partial charge in [0, 0.05) is 18.1 Å². The largest absolute Gasteiger partial charge is 0.323 e. The van der Waals surface area contributed by atoms with E-state index in [4.69, 9.17) is 0 Å². The number of allylic oxidation sites excluding steroid dienone is 2. The van der Waals surface area contributed by atoms with E-state index in [1.54, 1.807) is 0 Å². The first-order valence-corrected chi connectivity index (χ1v) is 6.15. The van der Waals surface area contributed by atoms with Crippen LogP contribution in [0.2, 0.25) is 0 Å². The molecular formula is C16H17N. The standard InChI is InChI=1S/C16H17N/c1-12-4-3-5-16(9-12)17-10-14-7-6-13(2)8-15(14)11-17/h3-6,9-11H,7-8H2,1-2H3. The molecule has 1 aliphatic carbocycles. The van der Waals surface area contributed by atoms with Crippen LogP contribution in [0.5, 0.6) is 0 Å². The van der Waals surface area contributed by atoms with Gasteiger partial charge in [0.25, 0.3) is 0 Å². The van der Waals surface area contributed by atoms with Gasteiger partial charge in [0.2, 0.25) is 0 Å². The van der Waals surface area contributed by atoms with Crippen molar-refractivity contribution in [2.75, 3.05) is 0 Å². The van der Waals surface area contributed by atoms with Gasteiger partial charge in [-0.15, -0.1) is 0 Å². The average Bonchev–Trinajstić information content (AvgIpc) is 2.72. The second kappa shape index (κ2) is 3.92. The van der Waals surface area contributed by atoms with E-state index >= 15 is 0 Å². The summed E-state index contributed by atoms with van der Waals surface area (Å²) in [4.78, 5) is 0. The number of aryl methyl sites for hydroxylation is 1. The van der Waals surface area contributed by atoms with Gasteiger partial charge in [0.15, 0.2) is 0 Å². The summed E-state index contributed by atoms with van der Waals surface area (Å²) < 4.78 is 2.25. The molecule has 86 valence electrons. The molecule has 0 aliphatic heterocycles. The van der Waals surface area contributed by atoms with E-state index in [9.17, 15) is 0 Å². The summed E-state index contributed by atoms with van der Waals surface area (Å²) in [6, 6.07) is 8.65. The van der Waals surface area contributed by atoms with Crippen LogP contribution in [0.1, 0.15) is 23.6 Å². The van der Waals surface area contributed by atoms with Gasteiger partial charge in [-0.3, -0.25) is 0 Å². The van der Waals surface area contributed by atoms with E-state index in [1.165, 1.54) is 28.0 Å². The van der Waals surface area contributed by atoms with Crippen LogP contribution in [-0.2, 0) is 12.8 Å². The van der Waals surface area contributed by atoms with Crippen LogP contribution >= 0.6 is 0 Å². The van der Waals surface area contributed by atoms with E-state index in [-0.39, 0.29) is 0 Å². The van der Waals surface area contributed by atoms with Crippen LogP contribution in [-0.4, -0.2) is 4.57 Å². The molecule has 1 heterocycles. The Bertz CT molecular complexity index is 587. The summed E-state index contributed by atoms with van der Waals surface area (Å²) in [6.07, 6.45) is 9.07. The van der Waals surface area contributed by atoms with Crippen molar-refractivity contribution >= 4 is 0 Å². The maximum atomic E-state index is 2.34. The van der Waals surface area contributed by atoms with Crippen molar-refractivity contribution in [1.29, 1.82) is 0 Å². The first-order chi connectivity index (χ1) is 8.22. The summed E-state index contributed by atoms with van der Waals surface area (Å²) in [5.41, 5.74) is 7.00. The summed E-state index contributed by atoms with van der Waals surface area (Å²) in [5, 5.41) is 0. The van der Waals surface area contributed by atoms with Crippen molar-refractivity contribution in [3.05, 3.63) is 65.0 Å². The maximum absolute atomic E-state index is 2.34. The van der Waals surface area contributed by atoms with Crippen molar-refractivity contribution in [3.8, 4) is 5.69 Å². The lowest BCUT2D eigenvalue weighted by molar-refractivity contribution is 1.03.